The summed E-state index contributed by atoms with van der Waals surface area (Å²) in [4.78, 5) is 11.2. The van der Waals surface area contributed by atoms with Crippen LogP contribution in [0.25, 0.3) is 0 Å². The van der Waals surface area contributed by atoms with Crippen molar-refractivity contribution < 1.29 is 9.90 Å². The SMILES string of the molecule is Cc1cccc(C)c1[C@@H]1[C@@H](C(=O)O)C1(C)C. The summed E-state index contributed by atoms with van der Waals surface area (Å²) in [6.45, 7) is 8.22. The molecule has 0 amide bonds. The highest BCUT2D eigenvalue weighted by Gasteiger charge is 2.63. The van der Waals surface area contributed by atoms with E-state index in [2.05, 4.69) is 26.0 Å². The zero-order valence-electron chi connectivity index (χ0n) is 10.2. The molecule has 1 aliphatic rings. The highest BCUT2D eigenvalue weighted by molar-refractivity contribution is 5.78. The molecule has 2 rings (SSSR count). The molecule has 0 aromatic heterocycles. The van der Waals surface area contributed by atoms with Crippen LogP contribution >= 0.6 is 0 Å². The first-order chi connectivity index (χ1) is 7.37. The molecule has 0 bridgehead atoms. The molecule has 0 aliphatic heterocycles. The lowest BCUT2D eigenvalue weighted by Crippen LogP contribution is -2.03. The first-order valence-corrected chi connectivity index (χ1v) is 5.66. The fourth-order valence-electron chi connectivity index (χ4n) is 2.96. The van der Waals surface area contributed by atoms with Crippen LogP contribution in [-0.4, -0.2) is 11.1 Å². The molecule has 0 saturated heterocycles. The lowest BCUT2D eigenvalue weighted by atomic mass is 9.94. The average Bonchev–Trinajstić information content (AvgIpc) is 2.69. The molecule has 1 aliphatic carbocycles. The van der Waals surface area contributed by atoms with Crippen molar-refractivity contribution in [2.45, 2.75) is 33.6 Å². The molecule has 0 spiro atoms. The average molecular weight is 218 g/mol. The molecule has 1 aromatic carbocycles. The third-order valence-corrected chi connectivity index (χ3v) is 3.95. The molecular weight excluding hydrogens is 200 g/mol. The van der Waals surface area contributed by atoms with E-state index in [1.807, 2.05) is 19.9 Å². The van der Waals surface area contributed by atoms with E-state index in [0.717, 1.165) is 0 Å². The summed E-state index contributed by atoms with van der Waals surface area (Å²) in [7, 11) is 0. The molecule has 86 valence electrons. The van der Waals surface area contributed by atoms with Gasteiger partial charge in [0.1, 0.15) is 0 Å². The summed E-state index contributed by atoms with van der Waals surface area (Å²) in [6.07, 6.45) is 0. The van der Waals surface area contributed by atoms with Crippen LogP contribution in [-0.2, 0) is 4.79 Å². The summed E-state index contributed by atoms with van der Waals surface area (Å²) in [5.74, 6) is -0.726. The molecule has 0 unspecified atom stereocenters. The van der Waals surface area contributed by atoms with Crippen molar-refractivity contribution >= 4 is 5.97 Å². The van der Waals surface area contributed by atoms with Crippen molar-refractivity contribution in [3.8, 4) is 0 Å². The number of carbonyl (C=O) groups is 1. The zero-order valence-corrected chi connectivity index (χ0v) is 10.2. The van der Waals surface area contributed by atoms with Gasteiger partial charge in [-0.1, -0.05) is 32.0 Å². The topological polar surface area (TPSA) is 37.3 Å². The summed E-state index contributed by atoms with van der Waals surface area (Å²) in [5, 5.41) is 9.20. The van der Waals surface area contributed by atoms with E-state index in [-0.39, 0.29) is 17.3 Å². The van der Waals surface area contributed by atoms with E-state index in [4.69, 9.17) is 0 Å². The Morgan fingerprint density at radius 3 is 2.12 bits per heavy atom. The quantitative estimate of drug-likeness (QED) is 0.828. The van der Waals surface area contributed by atoms with Gasteiger partial charge in [-0.25, -0.2) is 0 Å². The lowest BCUT2D eigenvalue weighted by molar-refractivity contribution is -0.139. The molecule has 0 heterocycles. The number of carboxylic acids is 1. The second kappa shape index (κ2) is 3.34. The molecule has 0 radical (unpaired) electrons. The Labute approximate surface area is 96.3 Å². The Hall–Kier alpha value is -1.31. The minimum Gasteiger partial charge on any atom is -0.481 e. The number of carboxylic acid groups (broad SMARTS) is 1. The molecule has 1 N–H and O–H groups in total. The smallest absolute Gasteiger partial charge is 0.307 e. The second-order valence-corrected chi connectivity index (χ2v) is 5.42. The van der Waals surface area contributed by atoms with Gasteiger partial charge in [0.15, 0.2) is 0 Å². The zero-order chi connectivity index (χ0) is 12.1. The number of hydrogen-bond donors (Lipinski definition) is 1. The second-order valence-electron chi connectivity index (χ2n) is 5.42. The molecule has 2 heteroatoms. The normalized spacial score (nSPS) is 26.5. The van der Waals surface area contributed by atoms with Crippen LogP contribution in [0, 0.1) is 25.2 Å². The lowest BCUT2D eigenvalue weighted by Gasteiger charge is -2.10. The van der Waals surface area contributed by atoms with E-state index in [0.29, 0.717) is 0 Å². The fourth-order valence-corrected chi connectivity index (χ4v) is 2.96. The van der Waals surface area contributed by atoms with Crippen molar-refractivity contribution in [1.29, 1.82) is 0 Å². The number of aliphatic carboxylic acids is 1. The molecule has 2 nitrogen and oxygen atoms in total. The number of benzene rings is 1. The first kappa shape index (κ1) is 11.2. The maximum atomic E-state index is 11.2. The van der Waals surface area contributed by atoms with Crippen molar-refractivity contribution in [3.63, 3.8) is 0 Å². The predicted octanol–water partition coefficient (Wildman–Crippen LogP) is 3.13. The molecule has 1 fully saturated rings. The Bertz CT molecular complexity index is 426. The van der Waals surface area contributed by atoms with E-state index < -0.39 is 5.97 Å². The van der Waals surface area contributed by atoms with Gasteiger partial charge in [0.2, 0.25) is 0 Å². The van der Waals surface area contributed by atoms with E-state index in [1.165, 1.54) is 16.7 Å². The molecule has 16 heavy (non-hydrogen) atoms. The van der Waals surface area contributed by atoms with Gasteiger partial charge in [-0.2, -0.15) is 0 Å². The van der Waals surface area contributed by atoms with E-state index in [1.54, 1.807) is 0 Å². The van der Waals surface area contributed by atoms with E-state index >= 15 is 0 Å². The van der Waals surface area contributed by atoms with Gasteiger partial charge in [0.25, 0.3) is 0 Å². The van der Waals surface area contributed by atoms with Crippen molar-refractivity contribution in [1.82, 2.24) is 0 Å². The van der Waals surface area contributed by atoms with Crippen LogP contribution < -0.4 is 0 Å². The maximum Gasteiger partial charge on any atom is 0.307 e. The van der Waals surface area contributed by atoms with Gasteiger partial charge < -0.3 is 5.11 Å². The van der Waals surface area contributed by atoms with Crippen molar-refractivity contribution in [2.75, 3.05) is 0 Å². The van der Waals surface area contributed by atoms with Gasteiger partial charge in [-0.3, -0.25) is 4.79 Å². The highest BCUT2D eigenvalue weighted by Crippen LogP contribution is 2.65. The Balaban J connectivity index is 2.45. The van der Waals surface area contributed by atoms with Gasteiger partial charge in [0, 0.05) is 5.92 Å². The minimum atomic E-state index is -0.669. The van der Waals surface area contributed by atoms with Gasteiger partial charge in [0.05, 0.1) is 5.92 Å². The van der Waals surface area contributed by atoms with Crippen LogP contribution in [0.1, 0.15) is 36.5 Å². The molecule has 2 atom stereocenters. The first-order valence-electron chi connectivity index (χ1n) is 5.66. The molecule has 1 aromatic rings. The summed E-state index contributed by atoms with van der Waals surface area (Å²) in [6, 6.07) is 6.16. The Morgan fingerprint density at radius 2 is 1.75 bits per heavy atom. The largest absolute Gasteiger partial charge is 0.481 e. The molecular formula is C14H18O2. The van der Waals surface area contributed by atoms with Crippen molar-refractivity contribution in [2.24, 2.45) is 11.3 Å². The summed E-state index contributed by atoms with van der Waals surface area (Å²) >= 11 is 0. The van der Waals surface area contributed by atoms with Gasteiger partial charge in [-0.05, 0) is 36.0 Å². The fraction of sp³-hybridized carbons (Fsp3) is 0.500. The van der Waals surface area contributed by atoms with Crippen LogP contribution in [0.4, 0.5) is 0 Å². The van der Waals surface area contributed by atoms with Crippen LogP contribution in [0.15, 0.2) is 18.2 Å². The molecule has 1 saturated carbocycles. The van der Waals surface area contributed by atoms with Gasteiger partial charge >= 0.3 is 5.97 Å². The van der Waals surface area contributed by atoms with Crippen LogP contribution in [0.3, 0.4) is 0 Å². The van der Waals surface area contributed by atoms with E-state index in [9.17, 15) is 9.90 Å². The Kier molecular flexibility index (Phi) is 2.33. The highest BCUT2D eigenvalue weighted by atomic mass is 16.4. The number of hydrogen-bond acceptors (Lipinski definition) is 1. The third-order valence-electron chi connectivity index (χ3n) is 3.95. The van der Waals surface area contributed by atoms with Gasteiger partial charge in [-0.15, -0.1) is 0 Å². The summed E-state index contributed by atoms with van der Waals surface area (Å²) < 4.78 is 0. The third kappa shape index (κ3) is 1.44. The standard InChI is InChI=1S/C14H18O2/c1-8-6-5-7-9(2)10(8)11-12(13(15)16)14(11,3)4/h5-7,11-12H,1-4H3,(H,15,16)/t11-,12+/m1/s1. The van der Waals surface area contributed by atoms with Crippen molar-refractivity contribution in [3.05, 3.63) is 34.9 Å². The number of rotatable bonds is 2. The maximum absolute atomic E-state index is 11.2. The minimum absolute atomic E-state index is 0.108. The Morgan fingerprint density at radius 1 is 1.25 bits per heavy atom. The van der Waals surface area contributed by atoms with Crippen LogP contribution in [0.2, 0.25) is 0 Å². The predicted molar refractivity (Wildman–Crippen MR) is 63.6 cm³/mol. The monoisotopic (exact) mass is 218 g/mol. The van der Waals surface area contributed by atoms with Crippen LogP contribution in [0.5, 0.6) is 0 Å². The summed E-state index contributed by atoms with van der Waals surface area (Å²) in [5.41, 5.74) is 3.55. The number of aryl methyl sites for hydroxylation is 2.